The summed E-state index contributed by atoms with van der Waals surface area (Å²) in [5, 5.41) is 9.75. The molecular formula is C12H29N3O3. The summed E-state index contributed by atoms with van der Waals surface area (Å²) >= 11 is 0. The van der Waals surface area contributed by atoms with Gasteiger partial charge in [-0.1, -0.05) is 0 Å². The number of likely N-dealkylation sites (tertiary alicyclic amines) is 1. The van der Waals surface area contributed by atoms with Gasteiger partial charge in [-0.3, -0.25) is 4.79 Å². The first-order valence-electron chi connectivity index (χ1n) is 6.08. The molecule has 0 spiro atoms. The first-order valence-corrected chi connectivity index (χ1v) is 6.08. The fourth-order valence-electron chi connectivity index (χ4n) is 1.31. The van der Waals surface area contributed by atoms with Gasteiger partial charge in [0.2, 0.25) is 5.91 Å². The number of amides is 1. The molecule has 0 aliphatic carbocycles. The van der Waals surface area contributed by atoms with Gasteiger partial charge < -0.3 is 25.9 Å². The SMILES string of the molecule is CN.CNC.CO.O=CCCC(=O)N1CCCC1. The Bertz CT molecular complexity index is 172. The normalized spacial score (nSPS) is 12.0. The van der Waals surface area contributed by atoms with Crippen molar-refractivity contribution < 1.29 is 14.7 Å². The summed E-state index contributed by atoms with van der Waals surface area (Å²) in [7, 11) is 6.25. The van der Waals surface area contributed by atoms with Crippen molar-refractivity contribution >= 4 is 12.2 Å². The molecular weight excluding hydrogens is 234 g/mol. The van der Waals surface area contributed by atoms with E-state index in [1.165, 1.54) is 7.05 Å². The van der Waals surface area contributed by atoms with Crippen LogP contribution in [-0.4, -0.2) is 63.5 Å². The molecule has 0 aromatic heterocycles. The van der Waals surface area contributed by atoms with Gasteiger partial charge in [0.15, 0.2) is 0 Å². The maximum Gasteiger partial charge on any atom is 0.222 e. The largest absolute Gasteiger partial charge is 0.400 e. The molecule has 6 heteroatoms. The summed E-state index contributed by atoms with van der Waals surface area (Å²) in [5.41, 5.74) is 4.50. The average Bonchev–Trinajstić information content (AvgIpc) is 2.96. The number of carbonyl (C=O) groups excluding carboxylic acids is 2. The maximum atomic E-state index is 11.2. The Morgan fingerprint density at radius 3 is 2.00 bits per heavy atom. The van der Waals surface area contributed by atoms with Gasteiger partial charge in [0.25, 0.3) is 0 Å². The zero-order valence-electron chi connectivity index (χ0n) is 12.1. The molecule has 6 nitrogen and oxygen atoms in total. The quantitative estimate of drug-likeness (QED) is 0.603. The van der Waals surface area contributed by atoms with E-state index in [-0.39, 0.29) is 5.91 Å². The second-order valence-corrected chi connectivity index (χ2v) is 3.29. The lowest BCUT2D eigenvalue weighted by molar-refractivity contribution is -0.131. The van der Waals surface area contributed by atoms with Crippen LogP contribution < -0.4 is 11.1 Å². The van der Waals surface area contributed by atoms with Crippen molar-refractivity contribution in [3.8, 4) is 0 Å². The predicted molar refractivity (Wildman–Crippen MR) is 74.3 cm³/mol. The number of aldehydes is 1. The van der Waals surface area contributed by atoms with E-state index >= 15 is 0 Å². The van der Waals surface area contributed by atoms with Crippen molar-refractivity contribution in [1.82, 2.24) is 10.2 Å². The highest BCUT2D eigenvalue weighted by Gasteiger charge is 2.16. The number of nitrogens with zero attached hydrogens (tertiary/aromatic N) is 1. The van der Waals surface area contributed by atoms with Crippen LogP contribution in [0.2, 0.25) is 0 Å². The van der Waals surface area contributed by atoms with Crippen molar-refractivity contribution in [1.29, 1.82) is 0 Å². The molecule has 0 atom stereocenters. The van der Waals surface area contributed by atoms with Crippen LogP contribution in [0.15, 0.2) is 0 Å². The van der Waals surface area contributed by atoms with Gasteiger partial charge in [0.05, 0.1) is 0 Å². The number of aliphatic hydroxyl groups excluding tert-OH is 1. The number of aliphatic hydroxyl groups is 1. The summed E-state index contributed by atoms with van der Waals surface area (Å²) < 4.78 is 0. The van der Waals surface area contributed by atoms with Crippen molar-refractivity contribution in [2.45, 2.75) is 25.7 Å². The van der Waals surface area contributed by atoms with Crippen LogP contribution in [-0.2, 0) is 9.59 Å². The van der Waals surface area contributed by atoms with Crippen LogP contribution >= 0.6 is 0 Å². The highest BCUT2D eigenvalue weighted by molar-refractivity contribution is 5.78. The molecule has 1 rings (SSSR count). The van der Waals surface area contributed by atoms with Gasteiger partial charge in [-0.25, -0.2) is 0 Å². The summed E-state index contributed by atoms with van der Waals surface area (Å²) in [4.78, 5) is 23.0. The van der Waals surface area contributed by atoms with E-state index in [0.717, 1.165) is 39.3 Å². The third-order valence-corrected chi connectivity index (χ3v) is 1.93. The summed E-state index contributed by atoms with van der Waals surface area (Å²) in [5.74, 6) is 0.134. The number of hydrogen-bond donors (Lipinski definition) is 3. The molecule has 0 aromatic rings. The third kappa shape index (κ3) is 15.0. The number of nitrogens with one attached hydrogen (secondary N) is 1. The van der Waals surface area contributed by atoms with E-state index < -0.39 is 0 Å². The number of carbonyl (C=O) groups is 2. The minimum absolute atomic E-state index is 0.134. The highest BCUT2D eigenvalue weighted by Crippen LogP contribution is 2.08. The van der Waals surface area contributed by atoms with Crippen LogP contribution in [0, 0.1) is 0 Å². The topological polar surface area (TPSA) is 95.7 Å². The molecule has 18 heavy (non-hydrogen) atoms. The van der Waals surface area contributed by atoms with E-state index in [1.54, 1.807) is 0 Å². The van der Waals surface area contributed by atoms with Crippen LogP contribution in [0.4, 0.5) is 0 Å². The zero-order chi connectivity index (χ0) is 14.8. The third-order valence-electron chi connectivity index (χ3n) is 1.93. The zero-order valence-corrected chi connectivity index (χ0v) is 12.1. The van der Waals surface area contributed by atoms with Crippen LogP contribution in [0.5, 0.6) is 0 Å². The molecule has 4 N–H and O–H groups in total. The Kier molecular flexibility index (Phi) is 26.3. The molecule has 0 unspecified atom stereocenters. The number of hydrogen-bond acceptors (Lipinski definition) is 5. The minimum atomic E-state index is 0.134. The van der Waals surface area contributed by atoms with Crippen molar-refractivity contribution in [3.05, 3.63) is 0 Å². The smallest absolute Gasteiger partial charge is 0.222 e. The van der Waals surface area contributed by atoms with E-state index in [4.69, 9.17) is 5.11 Å². The van der Waals surface area contributed by atoms with Gasteiger partial charge in [0, 0.05) is 33.0 Å². The standard InChI is InChI=1S/C8H13NO2.C2H7N.CH5N.CH4O/c10-7-3-4-8(11)9-5-1-2-6-9;1-3-2;2*1-2/h7H,1-6H2;3H,1-2H3;2H2,1H3;2H,1H3. The van der Waals surface area contributed by atoms with Crippen molar-refractivity contribution in [3.63, 3.8) is 0 Å². The lowest BCUT2D eigenvalue weighted by Gasteiger charge is -2.13. The lowest BCUT2D eigenvalue weighted by atomic mass is 10.3. The predicted octanol–water partition coefficient (Wildman–Crippen LogP) is -0.393. The van der Waals surface area contributed by atoms with Gasteiger partial charge in [-0.15, -0.1) is 0 Å². The van der Waals surface area contributed by atoms with Crippen LogP contribution in [0.25, 0.3) is 0 Å². The first kappa shape index (κ1) is 22.2. The Morgan fingerprint density at radius 2 is 1.67 bits per heavy atom. The van der Waals surface area contributed by atoms with E-state index in [0.29, 0.717) is 12.8 Å². The van der Waals surface area contributed by atoms with Gasteiger partial charge in [-0.05, 0) is 34.0 Å². The molecule has 0 aromatic carbocycles. The second-order valence-electron chi connectivity index (χ2n) is 3.29. The summed E-state index contributed by atoms with van der Waals surface area (Å²) in [6.45, 7) is 1.77. The van der Waals surface area contributed by atoms with Crippen LogP contribution in [0.3, 0.4) is 0 Å². The van der Waals surface area contributed by atoms with Crippen LogP contribution in [0.1, 0.15) is 25.7 Å². The average molecular weight is 263 g/mol. The fourth-order valence-corrected chi connectivity index (χ4v) is 1.31. The molecule has 1 aliphatic rings. The van der Waals surface area contributed by atoms with E-state index in [9.17, 15) is 9.59 Å². The Balaban J connectivity index is -0.000000274. The molecule has 1 saturated heterocycles. The lowest BCUT2D eigenvalue weighted by Crippen LogP contribution is -2.27. The molecule has 1 aliphatic heterocycles. The highest BCUT2D eigenvalue weighted by atomic mass is 16.2. The van der Waals surface area contributed by atoms with E-state index in [2.05, 4.69) is 11.1 Å². The molecule has 1 fully saturated rings. The van der Waals surface area contributed by atoms with Crippen molar-refractivity contribution in [2.24, 2.45) is 5.73 Å². The van der Waals surface area contributed by atoms with Gasteiger partial charge >= 0.3 is 0 Å². The second kappa shape index (κ2) is 21.3. The molecule has 0 saturated carbocycles. The summed E-state index contributed by atoms with van der Waals surface area (Å²) in [6, 6.07) is 0. The molecule has 1 amide bonds. The van der Waals surface area contributed by atoms with Crippen molar-refractivity contribution in [2.75, 3.05) is 41.3 Å². The Morgan fingerprint density at radius 1 is 1.28 bits per heavy atom. The van der Waals surface area contributed by atoms with E-state index in [1.807, 2.05) is 19.0 Å². The van der Waals surface area contributed by atoms with Gasteiger partial charge in [-0.2, -0.15) is 0 Å². The number of rotatable bonds is 3. The Labute approximate surface area is 111 Å². The minimum Gasteiger partial charge on any atom is -0.400 e. The first-order chi connectivity index (χ1) is 8.76. The molecule has 0 radical (unpaired) electrons. The maximum absolute atomic E-state index is 11.2. The number of nitrogens with two attached hydrogens (primary N) is 1. The summed E-state index contributed by atoms with van der Waals surface area (Å²) in [6.07, 6.45) is 3.80. The molecule has 0 bridgehead atoms. The van der Waals surface area contributed by atoms with Gasteiger partial charge in [0.1, 0.15) is 6.29 Å². The fraction of sp³-hybridized carbons (Fsp3) is 0.833. The molecule has 1 heterocycles. The Hall–Kier alpha value is -0.980. The molecule has 110 valence electrons. The monoisotopic (exact) mass is 263 g/mol.